The molecule has 0 saturated carbocycles. The van der Waals surface area contributed by atoms with Gasteiger partial charge < -0.3 is 4.74 Å². The molecule has 54 valence electrons. The Kier molecular flexibility index (Phi) is 2.27. The maximum Gasteiger partial charge on any atom is 0.210 e. The number of nitrogens with zero attached hydrogens (tertiary/aromatic N) is 1. The van der Waals surface area contributed by atoms with Crippen molar-refractivity contribution in [1.82, 2.24) is 0 Å². The maximum absolute atomic E-state index is 5.03. The van der Waals surface area contributed by atoms with Crippen LogP contribution in [0.5, 0.6) is 5.75 Å². The van der Waals surface area contributed by atoms with E-state index in [1.165, 1.54) is 0 Å². The lowest BCUT2D eigenvalue weighted by atomic mass is 10.4. The third-order valence-electron chi connectivity index (χ3n) is 1.17. The first-order valence-electron chi connectivity index (χ1n) is 2.92. The van der Waals surface area contributed by atoms with Gasteiger partial charge in [0.05, 0.1) is 11.6 Å². The molecule has 0 aromatic carbocycles. The van der Waals surface area contributed by atoms with Crippen LogP contribution in [0.2, 0.25) is 0 Å². The van der Waals surface area contributed by atoms with Gasteiger partial charge in [0.1, 0.15) is 7.05 Å². The number of ether oxygens (including phenoxy) is 1. The minimum atomic E-state index is 0.858. The summed E-state index contributed by atoms with van der Waals surface area (Å²) in [6.45, 7) is 0. The maximum atomic E-state index is 5.03. The lowest BCUT2D eigenvalue weighted by Gasteiger charge is -1.96. The molecule has 1 heterocycles. The standard InChI is InChI=1S/C7H9BrNO/c1-9-4-6(8)3-7(5-9)10-2/h3-5H,1-2H3/q+1. The molecule has 0 radical (unpaired) electrons. The molecule has 0 bridgehead atoms. The van der Waals surface area contributed by atoms with Gasteiger partial charge in [0, 0.05) is 6.07 Å². The Labute approximate surface area is 68.6 Å². The third kappa shape index (κ3) is 1.70. The summed E-state index contributed by atoms with van der Waals surface area (Å²) in [5.41, 5.74) is 0. The fourth-order valence-electron chi connectivity index (χ4n) is 0.755. The summed E-state index contributed by atoms with van der Waals surface area (Å²) < 4.78 is 7.98. The summed E-state index contributed by atoms with van der Waals surface area (Å²) in [4.78, 5) is 0. The Morgan fingerprint density at radius 3 is 2.70 bits per heavy atom. The molecule has 0 unspecified atom stereocenters. The first-order chi connectivity index (χ1) is 4.72. The van der Waals surface area contributed by atoms with E-state index in [1.54, 1.807) is 7.11 Å². The first kappa shape index (κ1) is 7.54. The molecular formula is C7H9BrNO+. The molecule has 1 aromatic rings. The molecule has 10 heavy (non-hydrogen) atoms. The number of pyridine rings is 1. The fraction of sp³-hybridized carbons (Fsp3) is 0.286. The molecule has 0 saturated heterocycles. The van der Waals surface area contributed by atoms with Gasteiger partial charge in [0.15, 0.2) is 11.9 Å². The van der Waals surface area contributed by atoms with Crippen LogP contribution in [-0.2, 0) is 7.05 Å². The van der Waals surface area contributed by atoms with Crippen molar-refractivity contribution in [3.63, 3.8) is 0 Å². The highest BCUT2D eigenvalue weighted by Crippen LogP contribution is 2.13. The quantitative estimate of drug-likeness (QED) is 0.626. The Morgan fingerprint density at radius 2 is 2.20 bits per heavy atom. The fourth-order valence-corrected chi connectivity index (χ4v) is 1.30. The second-order valence-corrected chi connectivity index (χ2v) is 2.98. The van der Waals surface area contributed by atoms with Crippen LogP contribution in [-0.4, -0.2) is 7.11 Å². The van der Waals surface area contributed by atoms with Crippen LogP contribution in [0, 0.1) is 0 Å². The van der Waals surface area contributed by atoms with Gasteiger partial charge in [0.2, 0.25) is 6.20 Å². The van der Waals surface area contributed by atoms with Crippen LogP contribution in [0.25, 0.3) is 0 Å². The van der Waals surface area contributed by atoms with Gasteiger partial charge in [-0.25, -0.2) is 4.57 Å². The number of aromatic nitrogens is 1. The van der Waals surface area contributed by atoms with Gasteiger partial charge in [-0.05, 0) is 15.9 Å². The highest BCUT2D eigenvalue weighted by Gasteiger charge is 1.99. The molecule has 0 aliphatic carbocycles. The molecule has 0 aliphatic rings. The highest BCUT2D eigenvalue weighted by molar-refractivity contribution is 9.10. The van der Waals surface area contributed by atoms with Crippen LogP contribution < -0.4 is 9.30 Å². The van der Waals surface area contributed by atoms with E-state index in [-0.39, 0.29) is 0 Å². The molecule has 0 aliphatic heterocycles. The van der Waals surface area contributed by atoms with Gasteiger partial charge in [0.25, 0.3) is 0 Å². The lowest BCUT2D eigenvalue weighted by Crippen LogP contribution is -2.26. The summed E-state index contributed by atoms with van der Waals surface area (Å²) in [7, 11) is 3.61. The minimum Gasteiger partial charge on any atom is -0.491 e. The van der Waals surface area contributed by atoms with Crippen molar-refractivity contribution in [3.05, 3.63) is 22.9 Å². The number of aryl methyl sites for hydroxylation is 1. The second kappa shape index (κ2) is 3.01. The van der Waals surface area contributed by atoms with Gasteiger partial charge in [-0.3, -0.25) is 0 Å². The topological polar surface area (TPSA) is 13.1 Å². The number of halogens is 1. The molecule has 0 atom stereocenters. The van der Waals surface area contributed by atoms with E-state index in [0.717, 1.165) is 10.2 Å². The summed E-state index contributed by atoms with van der Waals surface area (Å²) in [5.74, 6) is 0.858. The molecule has 0 N–H and O–H groups in total. The van der Waals surface area contributed by atoms with E-state index < -0.39 is 0 Å². The minimum absolute atomic E-state index is 0.858. The zero-order chi connectivity index (χ0) is 7.56. The average molecular weight is 203 g/mol. The van der Waals surface area contributed by atoms with Crippen molar-refractivity contribution in [2.45, 2.75) is 0 Å². The predicted molar refractivity (Wildman–Crippen MR) is 41.9 cm³/mol. The summed E-state index contributed by atoms with van der Waals surface area (Å²) >= 11 is 3.35. The van der Waals surface area contributed by atoms with Gasteiger partial charge in [-0.15, -0.1) is 0 Å². The molecule has 0 spiro atoms. The number of hydrogen-bond donors (Lipinski definition) is 0. The van der Waals surface area contributed by atoms with Gasteiger partial charge in [-0.1, -0.05) is 0 Å². The molecule has 3 heteroatoms. The summed E-state index contributed by atoms with van der Waals surface area (Å²) in [6, 6.07) is 1.92. The zero-order valence-corrected chi connectivity index (χ0v) is 7.55. The van der Waals surface area contributed by atoms with E-state index >= 15 is 0 Å². The SMILES string of the molecule is COc1cc(Br)c[n+](C)c1. The molecule has 2 nitrogen and oxygen atoms in total. The second-order valence-electron chi connectivity index (χ2n) is 2.06. The van der Waals surface area contributed by atoms with Crippen LogP contribution in [0.15, 0.2) is 22.9 Å². The Morgan fingerprint density at radius 1 is 1.50 bits per heavy atom. The van der Waals surface area contributed by atoms with Gasteiger partial charge in [-0.2, -0.15) is 0 Å². The van der Waals surface area contributed by atoms with Crippen molar-refractivity contribution in [3.8, 4) is 5.75 Å². The monoisotopic (exact) mass is 202 g/mol. The summed E-state index contributed by atoms with van der Waals surface area (Å²) in [6.07, 6.45) is 3.87. The third-order valence-corrected chi connectivity index (χ3v) is 1.61. The number of methoxy groups -OCH3 is 1. The largest absolute Gasteiger partial charge is 0.491 e. The average Bonchev–Trinajstić information content (AvgIpc) is 1.85. The van der Waals surface area contributed by atoms with E-state index in [1.807, 2.05) is 30.1 Å². The van der Waals surface area contributed by atoms with E-state index in [4.69, 9.17) is 4.74 Å². The molecule has 0 amide bonds. The van der Waals surface area contributed by atoms with E-state index in [2.05, 4.69) is 15.9 Å². The Hall–Kier alpha value is -0.570. The van der Waals surface area contributed by atoms with Crippen molar-refractivity contribution < 1.29 is 9.30 Å². The molecular weight excluding hydrogens is 194 g/mol. The van der Waals surface area contributed by atoms with Crippen LogP contribution in [0.4, 0.5) is 0 Å². The molecule has 0 fully saturated rings. The van der Waals surface area contributed by atoms with E-state index in [9.17, 15) is 0 Å². The van der Waals surface area contributed by atoms with Crippen LogP contribution >= 0.6 is 15.9 Å². The smallest absolute Gasteiger partial charge is 0.210 e. The van der Waals surface area contributed by atoms with Crippen LogP contribution in [0.3, 0.4) is 0 Å². The Balaban J connectivity index is 3.06. The molecule has 1 rings (SSSR count). The Bertz CT molecular complexity index is 217. The van der Waals surface area contributed by atoms with E-state index in [0.29, 0.717) is 0 Å². The highest BCUT2D eigenvalue weighted by atomic mass is 79.9. The predicted octanol–water partition coefficient (Wildman–Crippen LogP) is 1.28. The zero-order valence-electron chi connectivity index (χ0n) is 5.97. The number of hydrogen-bond acceptors (Lipinski definition) is 1. The lowest BCUT2D eigenvalue weighted by molar-refractivity contribution is -0.672. The normalized spacial score (nSPS) is 9.50. The van der Waals surface area contributed by atoms with Crippen LogP contribution in [0.1, 0.15) is 0 Å². The van der Waals surface area contributed by atoms with Crippen molar-refractivity contribution in [1.29, 1.82) is 0 Å². The summed E-state index contributed by atoms with van der Waals surface area (Å²) in [5, 5.41) is 0. The van der Waals surface area contributed by atoms with Crippen molar-refractivity contribution in [2.75, 3.05) is 7.11 Å². The van der Waals surface area contributed by atoms with Crippen molar-refractivity contribution in [2.24, 2.45) is 7.05 Å². The van der Waals surface area contributed by atoms with Crippen molar-refractivity contribution >= 4 is 15.9 Å². The number of rotatable bonds is 1. The van der Waals surface area contributed by atoms with Gasteiger partial charge >= 0.3 is 0 Å². The molecule has 1 aromatic heterocycles. The first-order valence-corrected chi connectivity index (χ1v) is 3.71.